The van der Waals surface area contributed by atoms with Crippen molar-refractivity contribution in [1.82, 2.24) is 9.78 Å². The fraction of sp³-hybridized carbons (Fsp3) is 0.0556. The van der Waals surface area contributed by atoms with E-state index in [-0.39, 0.29) is 48.6 Å². The molecule has 0 aliphatic carbocycles. The van der Waals surface area contributed by atoms with E-state index in [0.717, 1.165) is 6.07 Å². The van der Waals surface area contributed by atoms with Crippen LogP contribution in [0.25, 0.3) is 10.5 Å². The van der Waals surface area contributed by atoms with Crippen molar-refractivity contribution in [3.63, 3.8) is 0 Å². The molecule has 0 spiro atoms. The number of nitrogens with one attached hydrogen (secondary N) is 3. The number of anilines is 3. The van der Waals surface area contributed by atoms with Crippen LogP contribution in [0.5, 0.6) is 5.75 Å². The molecule has 172 valence electrons. The van der Waals surface area contributed by atoms with Crippen molar-refractivity contribution in [3.8, 4) is 11.4 Å². The zero-order valence-corrected chi connectivity index (χ0v) is 19.6. The van der Waals surface area contributed by atoms with Gasteiger partial charge in [-0.1, -0.05) is 34.8 Å². The minimum Gasteiger partial charge on any atom is -0.504 e. The molecule has 1 heterocycles. The van der Waals surface area contributed by atoms with Gasteiger partial charge in [-0.15, -0.1) is 0 Å². The van der Waals surface area contributed by atoms with E-state index in [1.807, 2.05) is 0 Å². The lowest BCUT2D eigenvalue weighted by Gasteiger charge is -2.16. The number of phenols is 1. The number of halogens is 3. The molecule has 2 aromatic carbocycles. The molecule has 0 fully saturated rings. The number of rotatable bonds is 6. The smallest absolute Gasteiger partial charge is 0.249 e. The summed E-state index contributed by atoms with van der Waals surface area (Å²) in [5.41, 5.74) is 6.20. The highest BCUT2D eigenvalue weighted by Crippen LogP contribution is 2.37. The molecule has 0 saturated carbocycles. The fourth-order valence-electron chi connectivity index (χ4n) is 2.71. The molecule has 0 bridgehead atoms. The Bertz CT molecular complexity index is 1420. The Labute approximate surface area is 202 Å². The van der Waals surface area contributed by atoms with E-state index in [0.29, 0.717) is 5.69 Å². The molecule has 0 radical (unpaired) electrons. The quantitative estimate of drug-likeness (QED) is 0.139. The summed E-state index contributed by atoms with van der Waals surface area (Å²) < 4.78 is 24.6. The van der Waals surface area contributed by atoms with Crippen LogP contribution in [-0.4, -0.2) is 29.2 Å². The molecule has 11 nitrogen and oxygen atoms in total. The second-order valence-electron chi connectivity index (χ2n) is 6.47. The van der Waals surface area contributed by atoms with Crippen LogP contribution >= 0.6 is 34.8 Å². The van der Waals surface area contributed by atoms with Gasteiger partial charge in [-0.2, -0.15) is 5.10 Å². The zero-order chi connectivity index (χ0) is 24.5. The van der Waals surface area contributed by atoms with Gasteiger partial charge in [0.15, 0.2) is 11.6 Å². The Morgan fingerprint density at radius 1 is 1.15 bits per heavy atom. The van der Waals surface area contributed by atoms with E-state index in [9.17, 15) is 18.3 Å². The second kappa shape index (κ2) is 9.34. The monoisotopic (exact) mass is 529 g/mol. The van der Waals surface area contributed by atoms with E-state index in [4.69, 9.17) is 46.5 Å². The number of carbonyl (C=O) groups is 1. The number of sulfonamides is 1. The topological polar surface area (TPSA) is 156 Å². The van der Waals surface area contributed by atoms with Crippen LogP contribution in [0.15, 0.2) is 35.4 Å². The maximum Gasteiger partial charge on any atom is 0.249 e. The van der Waals surface area contributed by atoms with Crippen LogP contribution < -0.4 is 21.3 Å². The van der Waals surface area contributed by atoms with E-state index in [2.05, 4.69) is 26.1 Å². The van der Waals surface area contributed by atoms with Gasteiger partial charge < -0.3 is 15.8 Å². The Morgan fingerprint density at radius 2 is 1.85 bits per heavy atom. The normalized spacial score (nSPS) is 11.0. The van der Waals surface area contributed by atoms with Crippen LogP contribution in [0.1, 0.15) is 6.92 Å². The number of nitrogens with two attached hydrogens (primary N) is 1. The summed E-state index contributed by atoms with van der Waals surface area (Å²) >= 11 is 18.3. The van der Waals surface area contributed by atoms with E-state index in [1.54, 1.807) is 0 Å². The third-order valence-corrected chi connectivity index (χ3v) is 6.07. The van der Waals surface area contributed by atoms with E-state index in [1.165, 1.54) is 36.0 Å². The summed E-state index contributed by atoms with van der Waals surface area (Å²) in [7, 11) is -4.12. The van der Waals surface area contributed by atoms with Crippen LogP contribution in [0.2, 0.25) is 15.1 Å². The summed E-state index contributed by atoms with van der Waals surface area (Å²) in [6, 6.07) is 5.09. The fourth-order valence-corrected chi connectivity index (χ4v) is 4.33. The third-order valence-electron chi connectivity index (χ3n) is 4.11. The predicted molar refractivity (Wildman–Crippen MR) is 126 cm³/mol. The maximum atomic E-state index is 11.7. The molecule has 1 aromatic heterocycles. The maximum absolute atomic E-state index is 11.7. The standard InChI is InChI=1S/C18H14Cl3N7O4S/c1-8(29)25-13-4-9(3-12(21)17(13)30)26-27-18-14(23-2)7-24-28(18)15-5-11(20)16(6-10(15)19)33(22,31)32/h3-7,26-27,30H,1H3,(H,25,29)(H2,22,31,32). The van der Waals surface area contributed by atoms with Gasteiger partial charge >= 0.3 is 0 Å². The number of nitrogens with zero attached hydrogens (tertiary/aromatic N) is 3. The van der Waals surface area contributed by atoms with Crippen molar-refractivity contribution in [2.45, 2.75) is 11.8 Å². The highest BCUT2D eigenvalue weighted by Gasteiger charge is 2.20. The number of aromatic nitrogens is 2. The Kier molecular flexibility index (Phi) is 6.92. The lowest BCUT2D eigenvalue weighted by molar-refractivity contribution is -0.114. The largest absolute Gasteiger partial charge is 0.504 e. The number of primary sulfonamides is 1. The van der Waals surface area contributed by atoms with Gasteiger partial charge in [-0.05, 0) is 24.3 Å². The number of benzene rings is 2. The summed E-state index contributed by atoms with van der Waals surface area (Å²) in [4.78, 5) is 14.4. The molecule has 15 heteroatoms. The number of hydrazine groups is 1. The van der Waals surface area contributed by atoms with E-state index < -0.39 is 15.9 Å². The molecular formula is C18H14Cl3N7O4S. The molecule has 3 aromatic rings. The van der Waals surface area contributed by atoms with Gasteiger partial charge in [0.2, 0.25) is 21.6 Å². The van der Waals surface area contributed by atoms with Crippen LogP contribution in [0.3, 0.4) is 0 Å². The number of phenolic OH excluding ortho intramolecular Hbond substituents is 1. The first-order chi connectivity index (χ1) is 15.4. The number of amides is 1. The van der Waals surface area contributed by atoms with Crippen molar-refractivity contribution in [3.05, 3.63) is 56.9 Å². The molecular weight excluding hydrogens is 517 g/mol. The molecule has 0 aliphatic heterocycles. The average molecular weight is 531 g/mol. The van der Waals surface area contributed by atoms with Crippen molar-refractivity contribution in [2.24, 2.45) is 5.14 Å². The molecule has 3 rings (SSSR count). The van der Waals surface area contributed by atoms with Crippen molar-refractivity contribution < 1.29 is 18.3 Å². The Hall–Kier alpha value is -3.21. The lowest BCUT2D eigenvalue weighted by Crippen LogP contribution is -2.15. The number of aromatic hydroxyl groups is 1. The molecule has 0 atom stereocenters. The van der Waals surface area contributed by atoms with Crippen LogP contribution in [-0.2, 0) is 14.8 Å². The summed E-state index contributed by atoms with van der Waals surface area (Å²) in [6.45, 7) is 8.64. The molecule has 6 N–H and O–H groups in total. The van der Waals surface area contributed by atoms with E-state index >= 15 is 0 Å². The first-order valence-corrected chi connectivity index (χ1v) is 11.4. The Morgan fingerprint density at radius 3 is 2.45 bits per heavy atom. The van der Waals surface area contributed by atoms with Crippen molar-refractivity contribution >= 4 is 73.6 Å². The van der Waals surface area contributed by atoms with Gasteiger partial charge in [0.25, 0.3) is 0 Å². The van der Waals surface area contributed by atoms with Crippen LogP contribution in [0, 0.1) is 6.57 Å². The summed E-state index contributed by atoms with van der Waals surface area (Å²) in [5.74, 6) is -0.619. The number of carbonyl (C=O) groups excluding carboxylic acids is 1. The molecule has 0 aliphatic rings. The first-order valence-electron chi connectivity index (χ1n) is 8.72. The highest BCUT2D eigenvalue weighted by molar-refractivity contribution is 7.89. The molecule has 0 unspecified atom stereocenters. The minimum atomic E-state index is -4.12. The van der Waals surface area contributed by atoms with Gasteiger partial charge in [-0.3, -0.25) is 10.2 Å². The van der Waals surface area contributed by atoms with Crippen LogP contribution in [0.4, 0.5) is 22.9 Å². The highest BCUT2D eigenvalue weighted by atomic mass is 35.5. The van der Waals surface area contributed by atoms with Gasteiger partial charge in [0.05, 0.1) is 44.9 Å². The second-order valence-corrected chi connectivity index (χ2v) is 9.22. The first kappa shape index (κ1) is 24.4. The van der Waals surface area contributed by atoms with Gasteiger partial charge in [0.1, 0.15) is 4.90 Å². The summed E-state index contributed by atoms with van der Waals surface area (Å²) in [6.07, 6.45) is 1.25. The summed E-state index contributed by atoms with van der Waals surface area (Å²) in [5, 5.41) is 21.4. The molecule has 33 heavy (non-hydrogen) atoms. The number of hydrogen-bond donors (Lipinski definition) is 5. The Balaban J connectivity index is 2.01. The minimum absolute atomic E-state index is 0.0436. The predicted octanol–water partition coefficient (Wildman–Crippen LogP) is 4.13. The molecule has 0 saturated heterocycles. The lowest BCUT2D eigenvalue weighted by atomic mass is 10.2. The zero-order valence-electron chi connectivity index (χ0n) is 16.5. The molecule has 1 amide bonds. The average Bonchev–Trinajstić information content (AvgIpc) is 3.12. The SMILES string of the molecule is [C-]#[N+]c1cnn(-c2cc(Cl)c(S(N)(=O)=O)cc2Cl)c1NNc1cc(Cl)c(O)c(NC(C)=O)c1. The number of hydrogen-bond acceptors (Lipinski definition) is 7. The van der Waals surface area contributed by atoms with Crippen molar-refractivity contribution in [2.75, 3.05) is 16.2 Å². The van der Waals surface area contributed by atoms with Gasteiger partial charge in [-0.25, -0.2) is 23.1 Å². The van der Waals surface area contributed by atoms with Crippen molar-refractivity contribution in [1.29, 1.82) is 0 Å². The van der Waals surface area contributed by atoms with Gasteiger partial charge in [0, 0.05) is 6.92 Å². The third kappa shape index (κ3) is 5.24.